The number of ketones is 1. The highest BCUT2D eigenvalue weighted by atomic mass is 35.5. The highest BCUT2D eigenvalue weighted by Gasteiger charge is 2.44. The number of carbonyl (C=O) groups is 2. The summed E-state index contributed by atoms with van der Waals surface area (Å²) >= 11 is 6.11. The van der Waals surface area contributed by atoms with Crippen molar-refractivity contribution in [1.82, 2.24) is 4.90 Å². The van der Waals surface area contributed by atoms with Crippen molar-refractivity contribution in [3.05, 3.63) is 58.1 Å². The minimum absolute atomic E-state index is 0.0694. The number of aryl methyl sites for hydroxylation is 2. The third-order valence-corrected chi connectivity index (χ3v) is 6.47. The Hall–Kier alpha value is -2.53. The van der Waals surface area contributed by atoms with E-state index in [1.54, 1.807) is 6.07 Å². The summed E-state index contributed by atoms with van der Waals surface area (Å²) in [7, 11) is 0. The molecule has 2 heterocycles. The number of para-hydroxylation sites is 1. The number of piperidine rings is 1. The van der Waals surface area contributed by atoms with Gasteiger partial charge in [0.25, 0.3) is 0 Å². The number of nitrogens with zero attached hydrogens (tertiary/aromatic N) is 1. The SMILES string of the molecule is Cc1ccccc1OCCCC(=O)N1CCC2(CC1)CC(=O)c1cc(Cl)cc(C)c1O2. The zero-order valence-electron chi connectivity index (χ0n) is 18.1. The quantitative estimate of drug-likeness (QED) is 0.602. The van der Waals surface area contributed by atoms with E-state index < -0.39 is 5.60 Å². The van der Waals surface area contributed by atoms with Gasteiger partial charge >= 0.3 is 0 Å². The molecule has 0 N–H and O–H groups in total. The van der Waals surface area contributed by atoms with E-state index in [9.17, 15) is 9.59 Å². The van der Waals surface area contributed by atoms with E-state index in [-0.39, 0.29) is 11.7 Å². The van der Waals surface area contributed by atoms with Crippen LogP contribution in [0.15, 0.2) is 36.4 Å². The van der Waals surface area contributed by atoms with Crippen LogP contribution in [0.25, 0.3) is 0 Å². The summed E-state index contributed by atoms with van der Waals surface area (Å²) in [6.07, 6.45) is 2.79. The average Bonchev–Trinajstić information content (AvgIpc) is 2.74. The lowest BCUT2D eigenvalue weighted by Gasteiger charge is -2.44. The Morgan fingerprint density at radius 1 is 1.16 bits per heavy atom. The van der Waals surface area contributed by atoms with Gasteiger partial charge in [-0.15, -0.1) is 0 Å². The summed E-state index contributed by atoms with van der Waals surface area (Å²) in [5, 5.41) is 0.552. The van der Waals surface area contributed by atoms with Crippen LogP contribution in [-0.4, -0.2) is 41.9 Å². The topological polar surface area (TPSA) is 55.8 Å². The fourth-order valence-corrected chi connectivity index (χ4v) is 4.71. The smallest absolute Gasteiger partial charge is 0.222 e. The first-order valence-electron chi connectivity index (χ1n) is 10.9. The summed E-state index contributed by atoms with van der Waals surface area (Å²) in [5.41, 5.74) is 2.02. The van der Waals surface area contributed by atoms with E-state index in [2.05, 4.69) is 0 Å². The molecule has 2 aromatic rings. The molecule has 0 unspecified atom stereocenters. The lowest BCUT2D eigenvalue weighted by atomic mass is 9.82. The number of Topliss-reactive ketones (excluding diaryl/α,β-unsaturated/α-hetero) is 1. The average molecular weight is 442 g/mol. The number of amides is 1. The van der Waals surface area contributed by atoms with E-state index in [1.165, 1.54) is 0 Å². The van der Waals surface area contributed by atoms with E-state index >= 15 is 0 Å². The summed E-state index contributed by atoms with van der Waals surface area (Å²) in [5.74, 6) is 1.72. The fourth-order valence-electron chi connectivity index (χ4n) is 4.44. The number of hydrogen-bond acceptors (Lipinski definition) is 4. The summed E-state index contributed by atoms with van der Waals surface area (Å²) in [6, 6.07) is 11.4. The molecule has 2 aromatic carbocycles. The number of ether oxygens (including phenoxy) is 2. The summed E-state index contributed by atoms with van der Waals surface area (Å²) in [6.45, 7) is 5.65. The molecule has 0 aromatic heterocycles. The van der Waals surface area contributed by atoms with Crippen LogP contribution < -0.4 is 9.47 Å². The largest absolute Gasteiger partial charge is 0.493 e. The minimum Gasteiger partial charge on any atom is -0.493 e. The molecule has 0 saturated carbocycles. The van der Waals surface area contributed by atoms with Crippen LogP contribution in [-0.2, 0) is 4.79 Å². The maximum Gasteiger partial charge on any atom is 0.222 e. The molecule has 4 rings (SSSR count). The number of benzene rings is 2. The number of likely N-dealkylation sites (tertiary alicyclic amines) is 1. The third kappa shape index (κ3) is 4.72. The van der Waals surface area contributed by atoms with Gasteiger partial charge < -0.3 is 14.4 Å². The van der Waals surface area contributed by atoms with Crippen molar-refractivity contribution < 1.29 is 19.1 Å². The van der Waals surface area contributed by atoms with Gasteiger partial charge in [0.2, 0.25) is 5.91 Å². The first-order valence-corrected chi connectivity index (χ1v) is 11.2. The van der Waals surface area contributed by atoms with E-state index in [4.69, 9.17) is 21.1 Å². The number of rotatable bonds is 5. The van der Waals surface area contributed by atoms with Gasteiger partial charge in [-0.05, 0) is 49.6 Å². The second kappa shape index (κ2) is 8.91. The molecule has 31 heavy (non-hydrogen) atoms. The maximum absolute atomic E-state index is 12.8. The van der Waals surface area contributed by atoms with Crippen molar-refractivity contribution in [2.24, 2.45) is 0 Å². The zero-order chi connectivity index (χ0) is 22.0. The lowest BCUT2D eigenvalue weighted by Crippen LogP contribution is -2.52. The van der Waals surface area contributed by atoms with E-state index in [0.29, 0.717) is 68.1 Å². The monoisotopic (exact) mass is 441 g/mol. The van der Waals surface area contributed by atoms with E-state index in [0.717, 1.165) is 16.9 Å². The second-order valence-electron chi connectivity index (χ2n) is 8.58. The molecule has 1 fully saturated rings. The van der Waals surface area contributed by atoms with Crippen LogP contribution in [0.1, 0.15) is 53.6 Å². The molecule has 1 saturated heterocycles. The molecule has 1 amide bonds. The van der Waals surface area contributed by atoms with Crippen molar-refractivity contribution in [2.45, 2.75) is 51.6 Å². The van der Waals surface area contributed by atoms with Crippen LogP contribution in [0.4, 0.5) is 0 Å². The molecule has 5 nitrogen and oxygen atoms in total. The lowest BCUT2D eigenvalue weighted by molar-refractivity contribution is -0.135. The van der Waals surface area contributed by atoms with Gasteiger partial charge in [0.05, 0.1) is 18.6 Å². The summed E-state index contributed by atoms with van der Waals surface area (Å²) < 4.78 is 12.2. The van der Waals surface area contributed by atoms with Gasteiger partial charge in [-0.1, -0.05) is 29.8 Å². The normalized spacial score (nSPS) is 17.3. The van der Waals surface area contributed by atoms with Crippen molar-refractivity contribution in [3.8, 4) is 11.5 Å². The second-order valence-corrected chi connectivity index (χ2v) is 9.02. The standard InChI is InChI=1S/C25H28ClNO4/c1-17-6-3-4-7-22(17)30-13-5-8-23(29)27-11-9-25(10-12-27)16-21(28)20-15-19(26)14-18(2)24(20)31-25/h3-4,6-7,14-15H,5,8-13,16H2,1-2H3. The van der Waals surface area contributed by atoms with Gasteiger partial charge in [-0.25, -0.2) is 0 Å². The number of carbonyl (C=O) groups excluding carboxylic acids is 2. The molecule has 2 aliphatic rings. The fraction of sp³-hybridized carbons (Fsp3) is 0.440. The molecule has 0 bridgehead atoms. The Morgan fingerprint density at radius 2 is 1.90 bits per heavy atom. The minimum atomic E-state index is -0.520. The van der Waals surface area contributed by atoms with Gasteiger partial charge in [-0.2, -0.15) is 0 Å². The van der Waals surface area contributed by atoms with Crippen LogP contribution in [0, 0.1) is 13.8 Å². The van der Waals surface area contributed by atoms with Gasteiger partial charge in [0, 0.05) is 37.4 Å². The Bertz CT molecular complexity index is 995. The number of halogens is 1. The first kappa shape index (κ1) is 21.7. The molecule has 2 aliphatic heterocycles. The first-order chi connectivity index (χ1) is 14.9. The molecule has 1 spiro atoms. The Balaban J connectivity index is 1.29. The predicted molar refractivity (Wildman–Crippen MR) is 120 cm³/mol. The number of fused-ring (bicyclic) bond motifs is 1. The van der Waals surface area contributed by atoms with Gasteiger partial charge in [0.15, 0.2) is 5.78 Å². The molecule has 6 heteroatoms. The Kier molecular flexibility index (Phi) is 6.24. The molecular formula is C25H28ClNO4. The van der Waals surface area contributed by atoms with Crippen molar-refractivity contribution in [3.63, 3.8) is 0 Å². The molecule has 0 aliphatic carbocycles. The Morgan fingerprint density at radius 3 is 2.65 bits per heavy atom. The van der Waals surface area contributed by atoms with Gasteiger partial charge in [0.1, 0.15) is 17.1 Å². The number of hydrogen-bond donors (Lipinski definition) is 0. The molecule has 0 radical (unpaired) electrons. The van der Waals surface area contributed by atoms with Crippen molar-refractivity contribution >= 4 is 23.3 Å². The highest BCUT2D eigenvalue weighted by Crippen LogP contribution is 2.42. The van der Waals surface area contributed by atoms with Crippen LogP contribution >= 0.6 is 11.6 Å². The van der Waals surface area contributed by atoms with Gasteiger partial charge in [-0.3, -0.25) is 9.59 Å². The molecular weight excluding hydrogens is 414 g/mol. The van der Waals surface area contributed by atoms with Crippen LogP contribution in [0.2, 0.25) is 5.02 Å². The predicted octanol–water partition coefficient (Wildman–Crippen LogP) is 5.14. The van der Waals surface area contributed by atoms with Crippen molar-refractivity contribution in [2.75, 3.05) is 19.7 Å². The summed E-state index contributed by atoms with van der Waals surface area (Å²) in [4.78, 5) is 27.3. The van der Waals surface area contributed by atoms with Crippen LogP contribution in [0.3, 0.4) is 0 Å². The van der Waals surface area contributed by atoms with Crippen molar-refractivity contribution in [1.29, 1.82) is 0 Å². The maximum atomic E-state index is 12.8. The molecule has 0 atom stereocenters. The van der Waals surface area contributed by atoms with E-state index in [1.807, 2.05) is 49.1 Å². The third-order valence-electron chi connectivity index (χ3n) is 6.25. The Labute approximate surface area is 188 Å². The van der Waals surface area contributed by atoms with Crippen LogP contribution in [0.5, 0.6) is 11.5 Å². The zero-order valence-corrected chi connectivity index (χ0v) is 18.8. The molecule has 164 valence electrons. The highest BCUT2D eigenvalue weighted by molar-refractivity contribution is 6.31.